The molecule has 1 aromatic heterocycles. The average molecular weight is 600 g/mol. The molecule has 0 fully saturated rings. The van der Waals surface area contributed by atoms with Gasteiger partial charge in [-0.05, 0) is 79.8 Å². The number of hydrogen-bond donors (Lipinski definition) is 0. The van der Waals surface area contributed by atoms with E-state index in [1.165, 1.54) is 11.3 Å². The molecule has 0 spiro atoms. The lowest BCUT2D eigenvalue weighted by atomic mass is 9.95. The number of esters is 1. The molecule has 0 amide bonds. The highest BCUT2D eigenvalue weighted by molar-refractivity contribution is 9.10. The van der Waals surface area contributed by atoms with Crippen molar-refractivity contribution in [2.75, 3.05) is 20.8 Å². The number of benzene rings is 2. The summed E-state index contributed by atoms with van der Waals surface area (Å²) in [5.41, 5.74) is 4.22. The molecule has 200 valence electrons. The molecule has 0 aliphatic carbocycles. The Morgan fingerprint density at radius 2 is 1.87 bits per heavy atom. The Bertz CT molecular complexity index is 1620. The van der Waals surface area contributed by atoms with E-state index in [2.05, 4.69) is 40.8 Å². The Morgan fingerprint density at radius 3 is 2.50 bits per heavy atom. The highest BCUT2D eigenvalue weighted by Gasteiger charge is 2.35. The number of aromatic nitrogens is 1. The first-order chi connectivity index (χ1) is 18.1. The molecule has 4 rings (SSSR count). The maximum atomic E-state index is 14.0. The van der Waals surface area contributed by atoms with Gasteiger partial charge in [-0.15, -0.1) is 0 Å². The second-order valence-corrected chi connectivity index (χ2v) is 11.2. The van der Waals surface area contributed by atoms with E-state index in [1.54, 1.807) is 32.6 Å². The number of carbonyl (C=O) groups excluding carboxylic acids is 1. The zero-order valence-corrected chi connectivity index (χ0v) is 25.0. The van der Waals surface area contributed by atoms with Gasteiger partial charge in [-0.2, -0.15) is 0 Å². The molecule has 0 N–H and O–H groups in total. The summed E-state index contributed by atoms with van der Waals surface area (Å²) >= 11 is 4.82. The summed E-state index contributed by atoms with van der Waals surface area (Å²) in [6.07, 6.45) is 1.89. The maximum Gasteiger partial charge on any atom is 0.338 e. The normalized spacial score (nSPS) is 15.4. The number of methoxy groups -OCH3 is 2. The summed E-state index contributed by atoms with van der Waals surface area (Å²) in [5, 5.41) is 0. The van der Waals surface area contributed by atoms with E-state index in [4.69, 9.17) is 14.2 Å². The van der Waals surface area contributed by atoms with Crippen LogP contribution in [0.5, 0.6) is 11.5 Å². The maximum absolute atomic E-state index is 14.0. The molecule has 0 bridgehead atoms. The molecule has 2 aromatic carbocycles. The topological polar surface area (TPSA) is 79.1 Å². The van der Waals surface area contributed by atoms with E-state index in [1.807, 2.05) is 37.3 Å². The van der Waals surface area contributed by atoms with E-state index in [0.717, 1.165) is 26.9 Å². The summed E-state index contributed by atoms with van der Waals surface area (Å²) in [7, 11) is 3.23. The Balaban J connectivity index is 2.01. The van der Waals surface area contributed by atoms with Crippen molar-refractivity contribution < 1.29 is 19.0 Å². The highest BCUT2D eigenvalue weighted by atomic mass is 79.9. The number of halogens is 1. The van der Waals surface area contributed by atoms with Gasteiger partial charge in [0.25, 0.3) is 5.56 Å². The van der Waals surface area contributed by atoms with E-state index < -0.39 is 12.0 Å². The van der Waals surface area contributed by atoms with Crippen LogP contribution in [0.15, 0.2) is 55.9 Å². The van der Waals surface area contributed by atoms with E-state index >= 15 is 0 Å². The van der Waals surface area contributed by atoms with Gasteiger partial charge in [0.2, 0.25) is 0 Å². The number of thiazole rings is 1. The number of nitrogens with zero attached hydrogens (tertiary/aromatic N) is 2. The largest absolute Gasteiger partial charge is 0.496 e. The van der Waals surface area contributed by atoms with Gasteiger partial charge >= 0.3 is 5.97 Å². The first kappa shape index (κ1) is 27.9. The van der Waals surface area contributed by atoms with E-state index in [9.17, 15) is 9.59 Å². The molecular formula is C29H31BrN2O5S. The fraction of sp³-hybridized carbons (Fsp3) is 0.345. The number of hydrogen-bond acceptors (Lipinski definition) is 7. The van der Waals surface area contributed by atoms with Crippen molar-refractivity contribution in [1.29, 1.82) is 0 Å². The number of rotatable bonds is 7. The summed E-state index contributed by atoms with van der Waals surface area (Å²) in [5.74, 6) is 1.12. The SMILES string of the molecule is CCOC(=O)C1=C(C)N=c2s/c(=C\c3cc(C(C)C)c(OC)cc3C)c(=O)n2[C@@H]1c1cc(Br)ccc1OC. The number of fused-ring (bicyclic) bond motifs is 1. The Hall–Kier alpha value is -3.17. The number of carbonyl (C=O) groups is 1. The Morgan fingerprint density at radius 1 is 1.16 bits per heavy atom. The van der Waals surface area contributed by atoms with Crippen LogP contribution in [0.25, 0.3) is 6.08 Å². The van der Waals surface area contributed by atoms with Crippen molar-refractivity contribution in [2.24, 2.45) is 4.99 Å². The number of allylic oxidation sites excluding steroid dienone is 1. The molecule has 1 aliphatic rings. The van der Waals surface area contributed by atoms with Gasteiger partial charge < -0.3 is 14.2 Å². The molecular weight excluding hydrogens is 568 g/mol. The summed E-state index contributed by atoms with van der Waals surface area (Å²) in [6, 6.07) is 8.83. The third-order valence-corrected chi connectivity index (χ3v) is 8.01. The van der Waals surface area contributed by atoms with Gasteiger partial charge in [-0.1, -0.05) is 41.1 Å². The molecule has 2 heterocycles. The molecule has 0 radical (unpaired) electrons. The van der Waals surface area contributed by atoms with Crippen molar-refractivity contribution in [1.82, 2.24) is 4.57 Å². The summed E-state index contributed by atoms with van der Waals surface area (Å²) < 4.78 is 19.5. The standard InChI is InChI=1S/C29H31BrN2O5S/c1-8-37-28(34)25-17(5)31-29-32(26(25)21-14-19(30)9-10-22(21)35-6)27(33)24(38-29)13-18-12-20(15(2)3)23(36-7)11-16(18)4/h9-15,26H,8H2,1-7H3/b24-13-/t26-/m1/s1. The van der Waals surface area contributed by atoms with Gasteiger partial charge in [-0.25, -0.2) is 9.79 Å². The molecule has 38 heavy (non-hydrogen) atoms. The zero-order chi connectivity index (χ0) is 27.7. The van der Waals surface area contributed by atoms with Gasteiger partial charge in [-0.3, -0.25) is 9.36 Å². The smallest absolute Gasteiger partial charge is 0.338 e. The monoisotopic (exact) mass is 598 g/mol. The summed E-state index contributed by atoms with van der Waals surface area (Å²) in [4.78, 5) is 32.4. The van der Waals surface area contributed by atoms with Crippen LogP contribution in [0, 0.1) is 6.92 Å². The molecule has 3 aromatic rings. The van der Waals surface area contributed by atoms with E-state index in [-0.39, 0.29) is 18.1 Å². The fourth-order valence-electron chi connectivity index (χ4n) is 4.65. The molecule has 0 saturated heterocycles. The van der Waals surface area contributed by atoms with Crippen LogP contribution in [0.3, 0.4) is 0 Å². The second-order valence-electron chi connectivity index (χ2n) is 9.29. The number of aryl methyl sites for hydroxylation is 1. The predicted molar refractivity (Wildman–Crippen MR) is 153 cm³/mol. The molecule has 0 unspecified atom stereocenters. The lowest BCUT2D eigenvalue weighted by molar-refractivity contribution is -0.139. The lowest BCUT2D eigenvalue weighted by Gasteiger charge is -2.26. The third-order valence-electron chi connectivity index (χ3n) is 6.53. The summed E-state index contributed by atoms with van der Waals surface area (Å²) in [6.45, 7) is 9.93. The number of ether oxygens (including phenoxy) is 3. The van der Waals surface area contributed by atoms with Crippen LogP contribution in [-0.2, 0) is 9.53 Å². The van der Waals surface area contributed by atoms with Gasteiger partial charge in [0.1, 0.15) is 17.5 Å². The van der Waals surface area contributed by atoms with Crippen LogP contribution < -0.4 is 24.4 Å². The van der Waals surface area contributed by atoms with Crippen molar-refractivity contribution >= 4 is 39.3 Å². The zero-order valence-electron chi connectivity index (χ0n) is 22.5. The van der Waals surface area contributed by atoms with Crippen LogP contribution in [-0.4, -0.2) is 31.4 Å². The van der Waals surface area contributed by atoms with Gasteiger partial charge in [0, 0.05) is 10.0 Å². The lowest BCUT2D eigenvalue weighted by Crippen LogP contribution is -2.40. The molecule has 7 nitrogen and oxygen atoms in total. The minimum Gasteiger partial charge on any atom is -0.496 e. The predicted octanol–water partition coefficient (Wildman–Crippen LogP) is 5.01. The average Bonchev–Trinajstić information content (AvgIpc) is 3.18. The first-order valence-corrected chi connectivity index (χ1v) is 13.9. The van der Waals surface area contributed by atoms with Crippen LogP contribution in [0.1, 0.15) is 61.9 Å². The van der Waals surface area contributed by atoms with Crippen LogP contribution in [0.4, 0.5) is 0 Å². The van der Waals surface area contributed by atoms with Gasteiger partial charge in [0.05, 0.1) is 36.6 Å². The Kier molecular flexibility index (Phi) is 8.28. The minimum absolute atomic E-state index is 0.206. The molecule has 1 aliphatic heterocycles. The molecule has 1 atom stereocenters. The Labute approximate surface area is 234 Å². The van der Waals surface area contributed by atoms with Crippen molar-refractivity contribution in [3.8, 4) is 11.5 Å². The molecule has 9 heteroatoms. The second kappa shape index (κ2) is 11.3. The van der Waals surface area contributed by atoms with Crippen molar-refractivity contribution in [3.63, 3.8) is 0 Å². The van der Waals surface area contributed by atoms with Gasteiger partial charge in [0.15, 0.2) is 4.80 Å². The minimum atomic E-state index is -0.761. The third kappa shape index (κ3) is 5.09. The first-order valence-electron chi connectivity index (χ1n) is 12.3. The molecule has 0 saturated carbocycles. The quantitative estimate of drug-likeness (QED) is 0.357. The van der Waals surface area contributed by atoms with Crippen molar-refractivity contribution in [3.05, 3.63) is 88.0 Å². The fourth-order valence-corrected chi connectivity index (χ4v) is 6.06. The highest BCUT2D eigenvalue weighted by Crippen LogP contribution is 2.37. The van der Waals surface area contributed by atoms with Crippen LogP contribution in [0.2, 0.25) is 0 Å². The van der Waals surface area contributed by atoms with E-state index in [0.29, 0.717) is 31.9 Å². The van der Waals surface area contributed by atoms with Crippen LogP contribution >= 0.6 is 27.3 Å². The van der Waals surface area contributed by atoms with Crippen molar-refractivity contribution in [2.45, 2.75) is 46.6 Å².